The lowest BCUT2D eigenvalue weighted by molar-refractivity contribution is 0.0283. The summed E-state index contributed by atoms with van der Waals surface area (Å²) < 4.78 is 5.75. The molecule has 3 heteroatoms. The highest BCUT2D eigenvalue weighted by Gasteiger charge is 2.36. The Hall–Kier alpha value is -0.570. The summed E-state index contributed by atoms with van der Waals surface area (Å²) >= 11 is 5.97. The normalized spacial score (nSPS) is 19.4. The molecule has 0 spiro atoms. The van der Waals surface area contributed by atoms with Gasteiger partial charge in [0, 0.05) is 11.6 Å². The van der Waals surface area contributed by atoms with E-state index in [-0.39, 0.29) is 12.1 Å². The molecular formula is C13H18ClNO. The quantitative estimate of drug-likeness (QED) is 0.857. The van der Waals surface area contributed by atoms with E-state index in [1.807, 2.05) is 31.2 Å². The van der Waals surface area contributed by atoms with Crippen LogP contribution in [0.1, 0.15) is 31.4 Å². The number of rotatable bonds is 5. The van der Waals surface area contributed by atoms with E-state index in [1.165, 1.54) is 12.8 Å². The Morgan fingerprint density at radius 1 is 1.50 bits per heavy atom. The summed E-state index contributed by atoms with van der Waals surface area (Å²) in [6.45, 7) is 2.73. The second-order valence-electron chi connectivity index (χ2n) is 4.34. The fourth-order valence-corrected chi connectivity index (χ4v) is 2.25. The van der Waals surface area contributed by atoms with Crippen LogP contribution in [0.5, 0.6) is 0 Å². The van der Waals surface area contributed by atoms with Gasteiger partial charge in [0.05, 0.1) is 12.1 Å². The van der Waals surface area contributed by atoms with Gasteiger partial charge in [-0.15, -0.1) is 0 Å². The number of halogens is 1. The predicted molar refractivity (Wildman–Crippen MR) is 66.5 cm³/mol. The van der Waals surface area contributed by atoms with Crippen LogP contribution in [-0.2, 0) is 4.74 Å². The molecule has 2 unspecified atom stereocenters. The highest BCUT2D eigenvalue weighted by atomic mass is 35.5. The molecule has 0 aliphatic heterocycles. The van der Waals surface area contributed by atoms with E-state index in [2.05, 4.69) is 0 Å². The second-order valence-corrected chi connectivity index (χ2v) is 4.77. The van der Waals surface area contributed by atoms with Crippen LogP contribution in [-0.4, -0.2) is 12.7 Å². The monoisotopic (exact) mass is 239 g/mol. The minimum absolute atomic E-state index is 0.0638. The van der Waals surface area contributed by atoms with Gasteiger partial charge in [-0.3, -0.25) is 0 Å². The molecule has 0 amide bonds. The minimum Gasteiger partial charge on any atom is -0.376 e. The lowest BCUT2D eigenvalue weighted by Crippen LogP contribution is -2.30. The maximum atomic E-state index is 6.25. The topological polar surface area (TPSA) is 35.2 Å². The molecule has 2 N–H and O–H groups in total. The third-order valence-electron chi connectivity index (χ3n) is 3.03. The van der Waals surface area contributed by atoms with Gasteiger partial charge in [0.1, 0.15) is 0 Å². The van der Waals surface area contributed by atoms with Crippen molar-refractivity contribution in [2.75, 3.05) is 6.61 Å². The third kappa shape index (κ3) is 2.76. The van der Waals surface area contributed by atoms with E-state index in [0.29, 0.717) is 5.92 Å². The molecule has 0 bridgehead atoms. The van der Waals surface area contributed by atoms with Gasteiger partial charge in [0.2, 0.25) is 0 Å². The van der Waals surface area contributed by atoms with Gasteiger partial charge in [0.25, 0.3) is 0 Å². The van der Waals surface area contributed by atoms with Crippen LogP contribution < -0.4 is 5.73 Å². The Morgan fingerprint density at radius 3 is 2.81 bits per heavy atom. The molecule has 1 aliphatic carbocycles. The smallest absolute Gasteiger partial charge is 0.0795 e. The molecule has 2 nitrogen and oxygen atoms in total. The van der Waals surface area contributed by atoms with Crippen molar-refractivity contribution in [2.24, 2.45) is 11.7 Å². The van der Waals surface area contributed by atoms with Crippen molar-refractivity contribution >= 4 is 11.6 Å². The Bertz CT molecular complexity index is 352. The van der Waals surface area contributed by atoms with Crippen LogP contribution in [0.3, 0.4) is 0 Å². The van der Waals surface area contributed by atoms with Crippen molar-refractivity contribution in [2.45, 2.75) is 31.9 Å². The number of benzene rings is 1. The van der Waals surface area contributed by atoms with E-state index in [9.17, 15) is 0 Å². The molecule has 0 heterocycles. The Morgan fingerprint density at radius 2 is 2.25 bits per heavy atom. The first-order chi connectivity index (χ1) is 7.72. The zero-order valence-corrected chi connectivity index (χ0v) is 10.3. The Balaban J connectivity index is 2.12. The summed E-state index contributed by atoms with van der Waals surface area (Å²) in [6.07, 6.45) is 2.61. The number of nitrogens with two attached hydrogens (primary N) is 1. The van der Waals surface area contributed by atoms with Gasteiger partial charge >= 0.3 is 0 Å². The van der Waals surface area contributed by atoms with Crippen molar-refractivity contribution in [3.8, 4) is 0 Å². The Labute approximate surface area is 102 Å². The van der Waals surface area contributed by atoms with Gasteiger partial charge in [-0.1, -0.05) is 23.7 Å². The first-order valence-electron chi connectivity index (χ1n) is 5.85. The maximum absolute atomic E-state index is 6.25. The molecule has 16 heavy (non-hydrogen) atoms. The van der Waals surface area contributed by atoms with Crippen LogP contribution in [0.2, 0.25) is 5.02 Å². The second kappa shape index (κ2) is 5.17. The molecule has 0 aromatic heterocycles. The number of hydrogen-bond donors (Lipinski definition) is 1. The zero-order chi connectivity index (χ0) is 11.5. The van der Waals surface area contributed by atoms with Crippen molar-refractivity contribution in [3.05, 3.63) is 34.9 Å². The molecule has 1 saturated carbocycles. The summed E-state index contributed by atoms with van der Waals surface area (Å²) in [5.74, 6) is 0.633. The van der Waals surface area contributed by atoms with Gasteiger partial charge in [-0.2, -0.15) is 0 Å². The van der Waals surface area contributed by atoms with Gasteiger partial charge < -0.3 is 10.5 Å². The summed E-state index contributed by atoms with van der Waals surface area (Å²) in [4.78, 5) is 0. The first kappa shape index (κ1) is 11.9. The summed E-state index contributed by atoms with van der Waals surface area (Å²) in [7, 11) is 0. The van der Waals surface area contributed by atoms with Crippen molar-refractivity contribution in [1.82, 2.24) is 0 Å². The lowest BCUT2D eigenvalue weighted by atomic mass is 9.99. The average molecular weight is 240 g/mol. The zero-order valence-electron chi connectivity index (χ0n) is 9.53. The third-order valence-corrected chi connectivity index (χ3v) is 3.27. The van der Waals surface area contributed by atoms with Gasteiger partial charge in [0.15, 0.2) is 0 Å². The minimum atomic E-state index is -0.0638. The molecule has 2 rings (SSSR count). The molecule has 1 aromatic carbocycles. The summed E-state index contributed by atoms with van der Waals surface area (Å²) in [6, 6.07) is 7.69. The first-order valence-corrected chi connectivity index (χ1v) is 6.22. The molecule has 2 atom stereocenters. The van der Waals surface area contributed by atoms with Crippen molar-refractivity contribution in [1.29, 1.82) is 0 Å². The van der Waals surface area contributed by atoms with Crippen molar-refractivity contribution < 1.29 is 4.74 Å². The summed E-state index contributed by atoms with van der Waals surface area (Å²) in [5, 5.41) is 0.735. The van der Waals surface area contributed by atoms with Crippen molar-refractivity contribution in [3.63, 3.8) is 0 Å². The standard InChI is InChI=1S/C13H18ClNO/c1-2-16-13(9-6-7-9)12(15)10-4-3-5-11(14)8-10/h3-5,8-9,12-13H,2,6-7,15H2,1H3. The molecule has 0 radical (unpaired) electrons. The van der Waals surface area contributed by atoms with Gasteiger partial charge in [-0.25, -0.2) is 0 Å². The van der Waals surface area contributed by atoms with E-state index in [1.54, 1.807) is 0 Å². The van der Waals surface area contributed by atoms with Crippen LogP contribution >= 0.6 is 11.6 Å². The van der Waals surface area contributed by atoms with Crippen LogP contribution in [0, 0.1) is 5.92 Å². The van der Waals surface area contributed by atoms with Crippen LogP contribution in [0.15, 0.2) is 24.3 Å². The average Bonchev–Trinajstić information content (AvgIpc) is 3.09. The molecule has 0 saturated heterocycles. The van der Waals surface area contributed by atoms with E-state index >= 15 is 0 Å². The van der Waals surface area contributed by atoms with E-state index in [4.69, 9.17) is 22.1 Å². The number of ether oxygens (including phenoxy) is 1. The fourth-order valence-electron chi connectivity index (χ4n) is 2.05. The maximum Gasteiger partial charge on any atom is 0.0795 e. The lowest BCUT2D eigenvalue weighted by Gasteiger charge is -2.24. The molecular weight excluding hydrogens is 222 g/mol. The van der Waals surface area contributed by atoms with E-state index in [0.717, 1.165) is 17.2 Å². The summed E-state index contributed by atoms with van der Waals surface area (Å²) in [5.41, 5.74) is 7.32. The number of hydrogen-bond acceptors (Lipinski definition) is 2. The highest BCUT2D eigenvalue weighted by molar-refractivity contribution is 6.30. The molecule has 1 aliphatic rings. The predicted octanol–water partition coefficient (Wildman–Crippen LogP) is 3.15. The molecule has 1 aromatic rings. The largest absolute Gasteiger partial charge is 0.376 e. The molecule has 1 fully saturated rings. The highest BCUT2D eigenvalue weighted by Crippen LogP contribution is 2.39. The van der Waals surface area contributed by atoms with E-state index < -0.39 is 0 Å². The SMILES string of the molecule is CCOC(C1CC1)C(N)c1cccc(Cl)c1. The Kier molecular flexibility index (Phi) is 3.85. The fraction of sp³-hybridized carbons (Fsp3) is 0.538. The van der Waals surface area contributed by atoms with Gasteiger partial charge in [-0.05, 0) is 43.4 Å². The van der Waals surface area contributed by atoms with Crippen LogP contribution in [0.4, 0.5) is 0 Å². The molecule has 88 valence electrons. The van der Waals surface area contributed by atoms with Crippen LogP contribution in [0.25, 0.3) is 0 Å².